The molecular weight excluding hydrogens is 358 g/mol. The largest absolute Gasteiger partial charge is 0.346 e. The van der Waals surface area contributed by atoms with Gasteiger partial charge < -0.3 is 15.1 Å². The minimum Gasteiger partial charge on any atom is -0.346 e. The van der Waals surface area contributed by atoms with E-state index in [2.05, 4.69) is 5.32 Å². The van der Waals surface area contributed by atoms with Crippen molar-refractivity contribution in [2.24, 2.45) is 0 Å². The van der Waals surface area contributed by atoms with Gasteiger partial charge in [-0.1, -0.05) is 12.1 Å². The third-order valence-corrected chi connectivity index (χ3v) is 4.93. The van der Waals surface area contributed by atoms with Crippen LogP contribution in [0.25, 0.3) is 0 Å². The molecule has 2 rings (SSSR count). The summed E-state index contributed by atoms with van der Waals surface area (Å²) < 4.78 is 0. The first-order chi connectivity index (χ1) is 13.2. The summed E-state index contributed by atoms with van der Waals surface area (Å²) in [6, 6.07) is 5.46. The fourth-order valence-electron chi connectivity index (χ4n) is 3.06. The number of nitrogens with one attached hydrogen (secondary N) is 1. The molecule has 1 saturated heterocycles. The summed E-state index contributed by atoms with van der Waals surface area (Å²) in [6.07, 6.45) is 0.310. The molecule has 1 N–H and O–H groups in total. The van der Waals surface area contributed by atoms with Crippen LogP contribution in [0, 0.1) is 13.8 Å². The highest BCUT2D eigenvalue weighted by Gasteiger charge is 2.28. The van der Waals surface area contributed by atoms with Gasteiger partial charge >= 0.3 is 11.8 Å². The second-order valence-corrected chi connectivity index (χ2v) is 7.52. The van der Waals surface area contributed by atoms with Gasteiger partial charge in [-0.2, -0.15) is 0 Å². The zero-order valence-electron chi connectivity index (χ0n) is 17.1. The number of carbonyl (C=O) groups is 4. The Bertz CT molecular complexity index is 765. The molecule has 1 aliphatic heterocycles. The topological polar surface area (TPSA) is 86.8 Å². The van der Waals surface area contributed by atoms with E-state index in [1.807, 2.05) is 26.0 Å². The summed E-state index contributed by atoms with van der Waals surface area (Å²) in [5.41, 5.74) is 2.81. The van der Waals surface area contributed by atoms with Crippen molar-refractivity contribution in [3.63, 3.8) is 0 Å². The Morgan fingerprint density at radius 1 is 0.929 bits per heavy atom. The summed E-state index contributed by atoms with van der Waals surface area (Å²) in [5.74, 6) is -1.33. The number of hydrogen-bond donors (Lipinski definition) is 1. The van der Waals surface area contributed by atoms with Gasteiger partial charge in [-0.15, -0.1) is 0 Å². The van der Waals surface area contributed by atoms with Crippen molar-refractivity contribution >= 4 is 23.5 Å². The summed E-state index contributed by atoms with van der Waals surface area (Å²) in [7, 11) is 0. The molecule has 0 aromatic heterocycles. The van der Waals surface area contributed by atoms with Gasteiger partial charge in [0.05, 0.1) is 0 Å². The van der Waals surface area contributed by atoms with Crippen LogP contribution in [0.5, 0.6) is 0 Å². The molecule has 7 heteroatoms. The molecule has 1 aromatic rings. The molecule has 1 heterocycles. The molecule has 7 nitrogen and oxygen atoms in total. The molecule has 28 heavy (non-hydrogen) atoms. The molecule has 0 spiro atoms. The van der Waals surface area contributed by atoms with Crippen LogP contribution in [-0.2, 0) is 14.4 Å². The van der Waals surface area contributed by atoms with Crippen LogP contribution in [0.3, 0.4) is 0 Å². The highest BCUT2D eigenvalue weighted by atomic mass is 16.2. The van der Waals surface area contributed by atoms with Crippen molar-refractivity contribution in [3.05, 3.63) is 34.9 Å². The van der Waals surface area contributed by atoms with Crippen LogP contribution in [-0.4, -0.2) is 65.5 Å². The van der Waals surface area contributed by atoms with E-state index in [1.165, 1.54) is 4.90 Å². The number of carbonyl (C=O) groups excluding carboxylic acids is 4. The van der Waals surface area contributed by atoms with Crippen LogP contribution in [0.1, 0.15) is 48.2 Å². The average Bonchev–Trinajstić information content (AvgIpc) is 2.66. The van der Waals surface area contributed by atoms with E-state index < -0.39 is 11.8 Å². The van der Waals surface area contributed by atoms with Gasteiger partial charge in [0.1, 0.15) is 0 Å². The molecule has 0 aliphatic carbocycles. The van der Waals surface area contributed by atoms with E-state index in [9.17, 15) is 19.2 Å². The summed E-state index contributed by atoms with van der Waals surface area (Å²) in [4.78, 5) is 51.7. The molecule has 1 fully saturated rings. The maximum atomic E-state index is 12.4. The van der Waals surface area contributed by atoms with Crippen molar-refractivity contribution in [3.8, 4) is 0 Å². The number of hydrogen-bond acceptors (Lipinski definition) is 4. The number of rotatable bonds is 5. The van der Waals surface area contributed by atoms with Gasteiger partial charge in [-0.25, -0.2) is 0 Å². The first kappa shape index (κ1) is 21.6. The van der Waals surface area contributed by atoms with Gasteiger partial charge in [-0.3, -0.25) is 19.2 Å². The predicted molar refractivity (Wildman–Crippen MR) is 106 cm³/mol. The van der Waals surface area contributed by atoms with Gasteiger partial charge in [0.25, 0.3) is 0 Å². The Morgan fingerprint density at radius 3 is 2.11 bits per heavy atom. The van der Waals surface area contributed by atoms with E-state index in [4.69, 9.17) is 0 Å². The molecule has 0 saturated carbocycles. The lowest BCUT2D eigenvalue weighted by Gasteiger charge is -2.34. The Kier molecular flexibility index (Phi) is 7.31. The first-order valence-corrected chi connectivity index (χ1v) is 9.67. The van der Waals surface area contributed by atoms with E-state index in [0.29, 0.717) is 31.7 Å². The van der Waals surface area contributed by atoms with Crippen LogP contribution < -0.4 is 5.32 Å². The molecule has 1 aliphatic rings. The molecule has 0 bridgehead atoms. The van der Waals surface area contributed by atoms with Crippen LogP contribution in [0.4, 0.5) is 0 Å². The summed E-state index contributed by atoms with van der Waals surface area (Å²) in [5, 5.41) is 2.58. The highest BCUT2D eigenvalue weighted by Crippen LogP contribution is 2.13. The average molecular weight is 387 g/mol. The number of Topliss-reactive ketones (excluding diaryl/α,β-unsaturated/α-hetero) is 1. The van der Waals surface area contributed by atoms with Crippen molar-refractivity contribution in [1.82, 2.24) is 15.1 Å². The molecule has 0 radical (unpaired) electrons. The van der Waals surface area contributed by atoms with Crippen LogP contribution >= 0.6 is 0 Å². The van der Waals surface area contributed by atoms with Crippen molar-refractivity contribution < 1.29 is 19.2 Å². The fraction of sp³-hybridized carbons (Fsp3) is 0.524. The van der Waals surface area contributed by atoms with Crippen molar-refractivity contribution in [2.45, 2.75) is 46.6 Å². The zero-order chi connectivity index (χ0) is 20.8. The van der Waals surface area contributed by atoms with Crippen LogP contribution in [0.2, 0.25) is 0 Å². The number of benzene rings is 1. The standard InChI is InChI=1S/C21H29N3O4/c1-14(2)22-20(27)21(28)24-11-9-23(10-12-24)19(26)8-7-18(25)17-6-5-15(3)16(4)13-17/h5-6,13-14H,7-12H2,1-4H3,(H,22,27). The number of amides is 3. The second kappa shape index (κ2) is 9.48. The van der Waals surface area contributed by atoms with Gasteiger partial charge in [0.15, 0.2) is 5.78 Å². The molecular formula is C21H29N3O4. The lowest BCUT2D eigenvalue weighted by molar-refractivity contribution is -0.148. The lowest BCUT2D eigenvalue weighted by Crippen LogP contribution is -2.54. The van der Waals surface area contributed by atoms with E-state index >= 15 is 0 Å². The fourth-order valence-corrected chi connectivity index (χ4v) is 3.06. The van der Waals surface area contributed by atoms with E-state index in [0.717, 1.165) is 11.1 Å². The van der Waals surface area contributed by atoms with Crippen molar-refractivity contribution in [2.75, 3.05) is 26.2 Å². The molecule has 0 atom stereocenters. The normalized spacial score (nSPS) is 14.2. The Balaban J connectivity index is 1.80. The maximum Gasteiger partial charge on any atom is 0.312 e. The minimum atomic E-state index is -0.617. The van der Waals surface area contributed by atoms with E-state index in [-0.39, 0.29) is 30.6 Å². The highest BCUT2D eigenvalue weighted by molar-refractivity contribution is 6.35. The Hall–Kier alpha value is -2.70. The van der Waals surface area contributed by atoms with Gasteiger partial charge in [0.2, 0.25) is 5.91 Å². The quantitative estimate of drug-likeness (QED) is 0.612. The molecule has 152 valence electrons. The summed E-state index contributed by atoms with van der Waals surface area (Å²) >= 11 is 0. The Labute approximate surface area is 166 Å². The van der Waals surface area contributed by atoms with Crippen LogP contribution in [0.15, 0.2) is 18.2 Å². The third kappa shape index (κ3) is 5.65. The van der Waals surface area contributed by atoms with E-state index in [1.54, 1.807) is 24.8 Å². The second-order valence-electron chi connectivity index (χ2n) is 7.52. The smallest absolute Gasteiger partial charge is 0.312 e. The van der Waals surface area contributed by atoms with Gasteiger partial charge in [-0.05, 0) is 44.9 Å². The number of ketones is 1. The maximum absolute atomic E-state index is 12.4. The summed E-state index contributed by atoms with van der Waals surface area (Å²) in [6.45, 7) is 8.92. The minimum absolute atomic E-state index is 0.0457. The third-order valence-electron chi connectivity index (χ3n) is 4.93. The van der Waals surface area contributed by atoms with Gasteiger partial charge in [0, 0.05) is 50.6 Å². The number of nitrogens with zero attached hydrogens (tertiary/aromatic N) is 2. The molecule has 3 amide bonds. The SMILES string of the molecule is Cc1ccc(C(=O)CCC(=O)N2CCN(C(=O)C(=O)NC(C)C)CC2)cc1C. The Morgan fingerprint density at radius 2 is 1.54 bits per heavy atom. The molecule has 0 unspecified atom stereocenters. The zero-order valence-corrected chi connectivity index (χ0v) is 17.1. The monoisotopic (exact) mass is 387 g/mol. The first-order valence-electron chi connectivity index (χ1n) is 9.67. The number of piperazine rings is 1. The molecule has 1 aromatic carbocycles. The van der Waals surface area contributed by atoms with Crippen molar-refractivity contribution in [1.29, 1.82) is 0 Å². The lowest BCUT2D eigenvalue weighted by atomic mass is 10.0. The number of aryl methyl sites for hydroxylation is 2. The predicted octanol–water partition coefficient (Wildman–Crippen LogP) is 1.46.